The number of nitrogens with zero attached hydrogens (tertiary/aromatic N) is 2. The van der Waals surface area contributed by atoms with Gasteiger partial charge in [0.2, 0.25) is 17.7 Å². The minimum absolute atomic E-state index is 0.340. The minimum Gasteiger partial charge on any atom is -0.303 e. The van der Waals surface area contributed by atoms with Crippen LogP contribution in [0.1, 0.15) is 37.9 Å². The van der Waals surface area contributed by atoms with E-state index in [0.29, 0.717) is 18.4 Å². The molecule has 3 unspecified atom stereocenters. The molecule has 1 saturated heterocycles. The van der Waals surface area contributed by atoms with Crippen LogP contribution in [0.25, 0.3) is 0 Å². The predicted molar refractivity (Wildman–Crippen MR) is 67.3 cm³/mol. The van der Waals surface area contributed by atoms with Crippen molar-refractivity contribution < 1.29 is 18.0 Å². The van der Waals surface area contributed by atoms with E-state index < -0.39 is 12.0 Å². The van der Waals surface area contributed by atoms with Crippen LogP contribution in [-0.2, 0) is 11.0 Å². The summed E-state index contributed by atoms with van der Waals surface area (Å²) in [4.78, 5) is 15.3. The molecular formula is C12H16F3N5O. The lowest BCUT2D eigenvalue weighted by molar-refractivity contribution is -0.144. The number of fused-ring (bicyclic) bond motifs is 1. The first-order chi connectivity index (χ1) is 9.93. The first kappa shape index (κ1) is 14.3. The maximum atomic E-state index is 12.4. The van der Waals surface area contributed by atoms with Gasteiger partial charge in [-0.3, -0.25) is 15.2 Å². The topological polar surface area (TPSA) is 82.7 Å². The lowest BCUT2D eigenvalue weighted by Crippen LogP contribution is -2.40. The van der Waals surface area contributed by atoms with Crippen molar-refractivity contribution in [2.45, 2.75) is 50.4 Å². The molecule has 2 aliphatic rings. The van der Waals surface area contributed by atoms with Crippen molar-refractivity contribution in [1.82, 2.24) is 20.5 Å². The number of hydrogen-bond acceptors (Lipinski definition) is 4. The van der Waals surface area contributed by atoms with Crippen LogP contribution in [0.15, 0.2) is 0 Å². The number of hydrogen-bond donors (Lipinski definition) is 3. The van der Waals surface area contributed by atoms with Gasteiger partial charge >= 0.3 is 6.18 Å². The summed E-state index contributed by atoms with van der Waals surface area (Å²) in [5.74, 6) is -1.46. The van der Waals surface area contributed by atoms with Gasteiger partial charge in [0.15, 0.2) is 0 Å². The van der Waals surface area contributed by atoms with Crippen molar-refractivity contribution in [3.8, 4) is 0 Å². The third-order valence-corrected chi connectivity index (χ3v) is 4.17. The maximum absolute atomic E-state index is 12.4. The SMILES string of the molecule is O=C(Nc1n[nH]c(C(F)(F)F)n1)C1CC2CCCCC2N1. The average molecular weight is 303 g/mol. The van der Waals surface area contributed by atoms with E-state index in [1.807, 2.05) is 0 Å². The molecule has 1 aromatic heterocycles. The highest BCUT2D eigenvalue weighted by Gasteiger charge is 2.39. The summed E-state index contributed by atoms with van der Waals surface area (Å²) in [6.07, 6.45) is 0.586. The third-order valence-electron chi connectivity index (χ3n) is 4.17. The van der Waals surface area contributed by atoms with Gasteiger partial charge in [0.05, 0.1) is 6.04 Å². The van der Waals surface area contributed by atoms with Crippen LogP contribution in [0, 0.1) is 5.92 Å². The zero-order valence-corrected chi connectivity index (χ0v) is 11.2. The summed E-state index contributed by atoms with van der Waals surface area (Å²) in [5.41, 5.74) is 0. The number of amides is 1. The fourth-order valence-corrected chi connectivity index (χ4v) is 3.16. The Kier molecular flexibility index (Phi) is 3.60. The molecule has 116 valence electrons. The smallest absolute Gasteiger partial charge is 0.303 e. The molecule has 1 amide bonds. The molecule has 6 nitrogen and oxygen atoms in total. The molecule has 0 aromatic carbocycles. The Morgan fingerprint density at radius 2 is 2.05 bits per heavy atom. The first-order valence-electron chi connectivity index (χ1n) is 7.00. The summed E-state index contributed by atoms with van der Waals surface area (Å²) in [6, 6.07) is -0.0432. The minimum atomic E-state index is -4.60. The lowest BCUT2D eigenvalue weighted by Gasteiger charge is -2.24. The summed E-state index contributed by atoms with van der Waals surface area (Å²) < 4.78 is 37.1. The summed E-state index contributed by atoms with van der Waals surface area (Å²) >= 11 is 0. The molecule has 3 rings (SSSR count). The van der Waals surface area contributed by atoms with Crippen molar-refractivity contribution in [2.24, 2.45) is 5.92 Å². The number of nitrogens with one attached hydrogen (secondary N) is 3. The fraction of sp³-hybridized carbons (Fsp3) is 0.750. The van der Waals surface area contributed by atoms with Gasteiger partial charge in [0, 0.05) is 6.04 Å². The summed E-state index contributed by atoms with van der Waals surface area (Å²) in [7, 11) is 0. The molecule has 0 radical (unpaired) electrons. The molecule has 9 heteroatoms. The molecule has 3 atom stereocenters. The molecule has 1 aromatic rings. The normalized spacial score (nSPS) is 29.2. The summed E-state index contributed by atoms with van der Waals surface area (Å²) in [6.45, 7) is 0. The second-order valence-corrected chi connectivity index (χ2v) is 5.60. The largest absolute Gasteiger partial charge is 0.451 e. The van der Waals surface area contributed by atoms with Crippen molar-refractivity contribution >= 4 is 11.9 Å². The molecule has 1 aliphatic heterocycles. The van der Waals surface area contributed by atoms with Crippen molar-refractivity contribution in [2.75, 3.05) is 5.32 Å². The molecule has 0 spiro atoms. The van der Waals surface area contributed by atoms with E-state index in [0.717, 1.165) is 19.3 Å². The van der Waals surface area contributed by atoms with Crippen LogP contribution >= 0.6 is 0 Å². The summed E-state index contributed by atoms with van der Waals surface area (Å²) in [5, 5.41) is 10.7. The number of alkyl halides is 3. The zero-order chi connectivity index (χ0) is 15.0. The number of H-pyrrole nitrogens is 1. The average Bonchev–Trinajstić information content (AvgIpc) is 3.03. The van der Waals surface area contributed by atoms with Crippen LogP contribution in [0.2, 0.25) is 0 Å². The van der Waals surface area contributed by atoms with E-state index in [1.165, 1.54) is 6.42 Å². The Balaban J connectivity index is 1.60. The molecule has 1 saturated carbocycles. The van der Waals surface area contributed by atoms with Gasteiger partial charge in [-0.2, -0.15) is 18.2 Å². The Morgan fingerprint density at radius 1 is 1.29 bits per heavy atom. The lowest BCUT2D eigenvalue weighted by atomic mass is 9.85. The Bertz CT molecular complexity index is 515. The van der Waals surface area contributed by atoms with Crippen LogP contribution in [0.4, 0.5) is 19.1 Å². The second-order valence-electron chi connectivity index (χ2n) is 5.60. The first-order valence-corrected chi connectivity index (χ1v) is 7.00. The van der Waals surface area contributed by atoms with E-state index in [2.05, 4.69) is 20.7 Å². The van der Waals surface area contributed by atoms with Gasteiger partial charge < -0.3 is 5.32 Å². The van der Waals surface area contributed by atoms with E-state index in [4.69, 9.17) is 0 Å². The van der Waals surface area contributed by atoms with E-state index in [1.54, 1.807) is 5.10 Å². The van der Waals surface area contributed by atoms with Gasteiger partial charge in [0.1, 0.15) is 0 Å². The van der Waals surface area contributed by atoms with Crippen molar-refractivity contribution in [3.63, 3.8) is 0 Å². The quantitative estimate of drug-likeness (QED) is 0.776. The molecule has 2 fully saturated rings. The predicted octanol–water partition coefficient (Wildman–Crippen LogP) is 1.68. The molecule has 3 N–H and O–H groups in total. The molecular weight excluding hydrogens is 287 g/mol. The number of aromatic nitrogens is 3. The van der Waals surface area contributed by atoms with E-state index >= 15 is 0 Å². The fourth-order valence-electron chi connectivity index (χ4n) is 3.16. The van der Waals surface area contributed by atoms with Crippen LogP contribution in [-0.4, -0.2) is 33.2 Å². The molecule has 2 heterocycles. The van der Waals surface area contributed by atoms with E-state index in [-0.39, 0.29) is 17.9 Å². The Hall–Kier alpha value is -1.64. The zero-order valence-electron chi connectivity index (χ0n) is 11.2. The monoisotopic (exact) mass is 303 g/mol. The highest BCUT2D eigenvalue weighted by atomic mass is 19.4. The molecule has 21 heavy (non-hydrogen) atoms. The number of anilines is 1. The maximum Gasteiger partial charge on any atom is 0.451 e. The van der Waals surface area contributed by atoms with Gasteiger partial charge in [-0.15, -0.1) is 5.10 Å². The highest BCUT2D eigenvalue weighted by molar-refractivity contribution is 5.93. The van der Waals surface area contributed by atoms with Crippen LogP contribution < -0.4 is 10.6 Å². The number of rotatable bonds is 2. The number of halogens is 3. The Morgan fingerprint density at radius 3 is 2.71 bits per heavy atom. The Labute approximate surface area is 118 Å². The highest BCUT2D eigenvalue weighted by Crippen LogP contribution is 2.33. The van der Waals surface area contributed by atoms with E-state index in [9.17, 15) is 18.0 Å². The van der Waals surface area contributed by atoms with Crippen LogP contribution in [0.5, 0.6) is 0 Å². The van der Waals surface area contributed by atoms with Crippen molar-refractivity contribution in [1.29, 1.82) is 0 Å². The number of carbonyl (C=O) groups excluding carboxylic acids is 1. The molecule has 0 bridgehead atoms. The van der Waals surface area contributed by atoms with Crippen LogP contribution in [0.3, 0.4) is 0 Å². The van der Waals surface area contributed by atoms with Crippen molar-refractivity contribution in [3.05, 3.63) is 5.82 Å². The van der Waals surface area contributed by atoms with Gasteiger partial charge in [0.25, 0.3) is 0 Å². The second kappa shape index (κ2) is 5.28. The van der Waals surface area contributed by atoms with Gasteiger partial charge in [-0.1, -0.05) is 12.8 Å². The third kappa shape index (κ3) is 3.02. The number of aromatic amines is 1. The molecule has 1 aliphatic carbocycles. The van der Waals surface area contributed by atoms with Gasteiger partial charge in [-0.25, -0.2) is 0 Å². The van der Waals surface area contributed by atoms with Gasteiger partial charge in [-0.05, 0) is 25.2 Å². The number of carbonyl (C=O) groups is 1. The standard InChI is InChI=1S/C12H16F3N5O/c13-12(14,15)10-18-11(20-19-10)17-9(21)8-5-6-3-1-2-4-7(6)16-8/h6-8,16H,1-5H2,(H2,17,18,19,20,21).